The van der Waals surface area contributed by atoms with E-state index in [0.29, 0.717) is 13.2 Å². The fraction of sp³-hybridized carbons (Fsp3) is 0.200. The highest BCUT2D eigenvalue weighted by molar-refractivity contribution is 5.85. The minimum absolute atomic E-state index is 0. The molecule has 0 radical (unpaired) electrons. The third kappa shape index (κ3) is 3.48. The van der Waals surface area contributed by atoms with Gasteiger partial charge in [-0.3, -0.25) is 9.97 Å². The second-order valence-electron chi connectivity index (χ2n) is 2.84. The van der Waals surface area contributed by atoms with E-state index in [0.717, 1.165) is 16.8 Å². The third-order valence-electron chi connectivity index (χ3n) is 1.83. The summed E-state index contributed by atoms with van der Waals surface area (Å²) in [5.74, 6) is 0.781. The molecule has 2 aromatic rings. The van der Waals surface area contributed by atoms with Gasteiger partial charge < -0.3 is 10.5 Å². The van der Waals surface area contributed by atoms with Crippen LogP contribution < -0.4 is 10.5 Å². The summed E-state index contributed by atoms with van der Waals surface area (Å²) in [7, 11) is 0. The van der Waals surface area contributed by atoms with Crippen LogP contribution in [0.15, 0.2) is 30.6 Å². The Morgan fingerprint density at radius 2 is 1.75 bits per heavy atom. The van der Waals surface area contributed by atoms with Gasteiger partial charge in [0.25, 0.3) is 0 Å². The van der Waals surface area contributed by atoms with Gasteiger partial charge in [-0.25, -0.2) is 0 Å². The molecule has 2 N–H and O–H groups in total. The van der Waals surface area contributed by atoms with Crippen LogP contribution >= 0.6 is 24.8 Å². The molecule has 16 heavy (non-hydrogen) atoms. The smallest absolute Gasteiger partial charge is 0.121 e. The van der Waals surface area contributed by atoms with Crippen LogP contribution in [0.25, 0.3) is 11.0 Å². The van der Waals surface area contributed by atoms with Crippen LogP contribution in [-0.2, 0) is 0 Å². The monoisotopic (exact) mass is 261 g/mol. The van der Waals surface area contributed by atoms with Crippen LogP contribution in [0.5, 0.6) is 5.75 Å². The Balaban J connectivity index is 0.00000112. The molecule has 1 heterocycles. The van der Waals surface area contributed by atoms with Crippen molar-refractivity contribution in [2.24, 2.45) is 5.73 Å². The largest absolute Gasteiger partial charge is 0.492 e. The number of nitrogens with zero attached hydrogens (tertiary/aromatic N) is 2. The summed E-state index contributed by atoms with van der Waals surface area (Å²) in [6.45, 7) is 1.03. The number of halogens is 2. The number of nitrogens with two attached hydrogens (primary N) is 1. The van der Waals surface area contributed by atoms with E-state index < -0.39 is 0 Å². The van der Waals surface area contributed by atoms with Gasteiger partial charge in [-0.1, -0.05) is 0 Å². The molecule has 0 unspecified atom stereocenters. The summed E-state index contributed by atoms with van der Waals surface area (Å²) in [6, 6.07) is 5.61. The van der Waals surface area contributed by atoms with E-state index >= 15 is 0 Å². The first kappa shape index (κ1) is 14.9. The zero-order valence-electron chi connectivity index (χ0n) is 8.50. The molecule has 0 fully saturated rings. The molecule has 0 aliphatic carbocycles. The molecule has 0 aliphatic heterocycles. The van der Waals surface area contributed by atoms with Crippen LogP contribution in [0, 0.1) is 0 Å². The molecular formula is C10H13Cl2N3O. The average Bonchev–Trinajstić information content (AvgIpc) is 2.26. The molecule has 0 saturated heterocycles. The first-order valence-corrected chi connectivity index (χ1v) is 4.44. The van der Waals surface area contributed by atoms with Gasteiger partial charge in [-0.2, -0.15) is 0 Å². The minimum atomic E-state index is 0. The highest BCUT2D eigenvalue weighted by atomic mass is 35.5. The summed E-state index contributed by atoms with van der Waals surface area (Å²) in [5.41, 5.74) is 7.04. The predicted molar refractivity (Wildman–Crippen MR) is 68.6 cm³/mol. The lowest BCUT2D eigenvalue weighted by Gasteiger charge is -2.04. The van der Waals surface area contributed by atoms with E-state index in [1.807, 2.05) is 18.2 Å². The number of rotatable bonds is 3. The van der Waals surface area contributed by atoms with Crippen molar-refractivity contribution in [3.8, 4) is 5.75 Å². The van der Waals surface area contributed by atoms with Crippen molar-refractivity contribution in [2.45, 2.75) is 0 Å². The van der Waals surface area contributed by atoms with Gasteiger partial charge in [0.15, 0.2) is 0 Å². The Morgan fingerprint density at radius 1 is 1.06 bits per heavy atom. The quantitative estimate of drug-likeness (QED) is 0.916. The lowest BCUT2D eigenvalue weighted by Crippen LogP contribution is -2.10. The Kier molecular flexibility index (Phi) is 6.72. The highest BCUT2D eigenvalue weighted by Gasteiger charge is 1.97. The second kappa shape index (κ2) is 7.22. The average molecular weight is 262 g/mol. The number of benzene rings is 1. The van der Waals surface area contributed by atoms with E-state index in [4.69, 9.17) is 10.5 Å². The molecule has 2 rings (SSSR count). The molecule has 6 heteroatoms. The fourth-order valence-corrected chi connectivity index (χ4v) is 1.21. The molecule has 0 amide bonds. The van der Waals surface area contributed by atoms with E-state index in [1.165, 1.54) is 0 Å². The van der Waals surface area contributed by atoms with E-state index in [1.54, 1.807) is 12.4 Å². The van der Waals surface area contributed by atoms with Crippen molar-refractivity contribution in [1.29, 1.82) is 0 Å². The number of ether oxygens (including phenoxy) is 1. The molecule has 1 aromatic heterocycles. The highest BCUT2D eigenvalue weighted by Crippen LogP contribution is 2.16. The molecular weight excluding hydrogens is 249 g/mol. The molecule has 0 aliphatic rings. The van der Waals surface area contributed by atoms with Crippen molar-refractivity contribution in [1.82, 2.24) is 9.97 Å². The van der Waals surface area contributed by atoms with Gasteiger partial charge in [0, 0.05) is 25.0 Å². The van der Waals surface area contributed by atoms with Crippen LogP contribution in [0.3, 0.4) is 0 Å². The normalized spacial score (nSPS) is 9.06. The molecule has 0 saturated carbocycles. The molecule has 0 bridgehead atoms. The first-order valence-electron chi connectivity index (χ1n) is 4.44. The standard InChI is InChI=1S/C10H11N3O.2ClH/c11-3-6-14-8-1-2-9-10(7-8)13-5-4-12-9;;/h1-2,4-5,7H,3,6,11H2;2*1H. The zero-order valence-corrected chi connectivity index (χ0v) is 10.1. The predicted octanol–water partition coefficient (Wildman–Crippen LogP) is 1.81. The van der Waals surface area contributed by atoms with Crippen molar-refractivity contribution >= 4 is 35.8 Å². The summed E-state index contributed by atoms with van der Waals surface area (Å²) in [4.78, 5) is 8.34. The van der Waals surface area contributed by atoms with Gasteiger partial charge in [0.1, 0.15) is 12.4 Å². The van der Waals surface area contributed by atoms with Crippen molar-refractivity contribution in [2.75, 3.05) is 13.2 Å². The maximum absolute atomic E-state index is 5.37. The molecule has 1 aromatic carbocycles. The van der Waals surface area contributed by atoms with Crippen LogP contribution in [0.4, 0.5) is 0 Å². The van der Waals surface area contributed by atoms with Gasteiger partial charge in [-0.15, -0.1) is 24.8 Å². The lowest BCUT2D eigenvalue weighted by molar-refractivity contribution is 0.328. The van der Waals surface area contributed by atoms with Gasteiger partial charge in [0.05, 0.1) is 11.0 Å². The Bertz CT molecular complexity index is 439. The summed E-state index contributed by atoms with van der Waals surface area (Å²) in [6.07, 6.45) is 3.33. The van der Waals surface area contributed by atoms with Crippen molar-refractivity contribution in [3.63, 3.8) is 0 Å². The first-order chi connectivity index (χ1) is 6.90. The van der Waals surface area contributed by atoms with Gasteiger partial charge in [-0.05, 0) is 12.1 Å². The Hall–Kier alpha value is -1.10. The van der Waals surface area contributed by atoms with E-state index in [9.17, 15) is 0 Å². The van der Waals surface area contributed by atoms with E-state index in [2.05, 4.69) is 9.97 Å². The van der Waals surface area contributed by atoms with E-state index in [-0.39, 0.29) is 24.8 Å². The fourth-order valence-electron chi connectivity index (χ4n) is 1.21. The van der Waals surface area contributed by atoms with Crippen LogP contribution in [0.1, 0.15) is 0 Å². The van der Waals surface area contributed by atoms with Crippen molar-refractivity contribution in [3.05, 3.63) is 30.6 Å². The Labute approximate surface area is 106 Å². The summed E-state index contributed by atoms with van der Waals surface area (Å²) >= 11 is 0. The van der Waals surface area contributed by atoms with Crippen LogP contribution in [-0.4, -0.2) is 23.1 Å². The molecule has 0 spiro atoms. The number of hydrogen-bond acceptors (Lipinski definition) is 4. The molecule has 88 valence electrons. The topological polar surface area (TPSA) is 61.0 Å². The number of fused-ring (bicyclic) bond motifs is 1. The minimum Gasteiger partial charge on any atom is -0.492 e. The Morgan fingerprint density at radius 3 is 2.44 bits per heavy atom. The van der Waals surface area contributed by atoms with Crippen molar-refractivity contribution < 1.29 is 4.74 Å². The lowest BCUT2D eigenvalue weighted by atomic mass is 10.3. The van der Waals surface area contributed by atoms with Gasteiger partial charge in [0.2, 0.25) is 0 Å². The molecule has 4 nitrogen and oxygen atoms in total. The molecule has 0 atom stereocenters. The van der Waals surface area contributed by atoms with Crippen LogP contribution in [0.2, 0.25) is 0 Å². The third-order valence-corrected chi connectivity index (χ3v) is 1.83. The number of hydrogen-bond donors (Lipinski definition) is 1. The zero-order chi connectivity index (χ0) is 9.80. The summed E-state index contributed by atoms with van der Waals surface area (Å²) < 4.78 is 5.37. The maximum Gasteiger partial charge on any atom is 0.121 e. The van der Waals surface area contributed by atoms with Gasteiger partial charge >= 0.3 is 0 Å². The number of aromatic nitrogens is 2. The summed E-state index contributed by atoms with van der Waals surface area (Å²) in [5, 5.41) is 0. The maximum atomic E-state index is 5.37. The SMILES string of the molecule is Cl.Cl.NCCOc1ccc2nccnc2c1. The second-order valence-corrected chi connectivity index (χ2v) is 2.84.